The number of pyridine rings is 2. The number of hydrogen-bond acceptors (Lipinski definition) is 4. The van der Waals surface area contributed by atoms with Gasteiger partial charge in [-0.3, -0.25) is 0 Å². The molecule has 4 aromatic rings. The Labute approximate surface area is 127 Å². The Hall–Kier alpha value is -3.04. The minimum absolute atomic E-state index is 0.277. The van der Waals surface area contributed by atoms with Gasteiger partial charge in [-0.05, 0) is 12.1 Å². The standard InChI is InChI=1S/C14H2F6N4/c15-5-1-3-7(21-11(5)17)8-4(2-6(16)12(18)22-8)10-9(3)23-13(19)14(20)24-10/h1-2H. The lowest BCUT2D eigenvalue weighted by atomic mass is 10.1. The predicted molar refractivity (Wildman–Crippen MR) is 69.9 cm³/mol. The average molecular weight is 340 g/mol. The monoisotopic (exact) mass is 340 g/mol. The van der Waals surface area contributed by atoms with Gasteiger partial charge in [-0.2, -0.15) is 17.6 Å². The Bertz CT molecular complexity index is 910. The summed E-state index contributed by atoms with van der Waals surface area (Å²) in [5.74, 6) is -9.02. The van der Waals surface area contributed by atoms with Crippen molar-refractivity contribution in [1.29, 1.82) is 0 Å². The maximum atomic E-state index is 13.5. The van der Waals surface area contributed by atoms with E-state index in [0.29, 0.717) is 12.1 Å². The first-order valence-electron chi connectivity index (χ1n) is 6.33. The van der Waals surface area contributed by atoms with Gasteiger partial charge in [-0.25, -0.2) is 28.7 Å². The molecule has 0 aliphatic heterocycles. The van der Waals surface area contributed by atoms with Crippen LogP contribution in [0.1, 0.15) is 0 Å². The van der Waals surface area contributed by atoms with Crippen LogP contribution >= 0.6 is 0 Å². The van der Waals surface area contributed by atoms with Crippen molar-refractivity contribution in [2.75, 3.05) is 0 Å². The SMILES string of the molecule is Fc1cc2c(nc1F)c1nc(F)c(F)cc1c1nc(F)c(F)nc21. The Morgan fingerprint density at radius 2 is 0.750 bits per heavy atom. The molecule has 0 unspecified atom stereocenters. The molecule has 0 N–H and O–H groups in total. The van der Waals surface area contributed by atoms with Crippen LogP contribution in [0, 0.1) is 35.4 Å². The second-order valence-electron chi connectivity index (χ2n) is 4.82. The van der Waals surface area contributed by atoms with Crippen LogP contribution in [0.15, 0.2) is 12.1 Å². The number of nitrogens with zero attached hydrogens (tertiary/aromatic N) is 4. The smallest absolute Gasteiger partial charge is 0.215 e. The van der Waals surface area contributed by atoms with E-state index in [-0.39, 0.29) is 10.8 Å². The van der Waals surface area contributed by atoms with Gasteiger partial charge in [0.1, 0.15) is 22.1 Å². The fourth-order valence-corrected chi connectivity index (χ4v) is 2.42. The van der Waals surface area contributed by atoms with Gasteiger partial charge in [-0.15, -0.1) is 0 Å². The van der Waals surface area contributed by atoms with Crippen LogP contribution in [0.2, 0.25) is 0 Å². The van der Waals surface area contributed by atoms with Gasteiger partial charge in [0, 0.05) is 10.8 Å². The molecule has 0 spiro atoms. The lowest BCUT2D eigenvalue weighted by Crippen LogP contribution is -2.02. The summed E-state index contributed by atoms with van der Waals surface area (Å²) in [6.45, 7) is 0. The number of halogens is 6. The van der Waals surface area contributed by atoms with E-state index >= 15 is 0 Å². The highest BCUT2D eigenvalue weighted by molar-refractivity contribution is 6.20. The maximum absolute atomic E-state index is 13.5. The first kappa shape index (κ1) is 14.5. The molecule has 0 saturated carbocycles. The predicted octanol–water partition coefficient (Wildman–Crippen LogP) is 3.56. The van der Waals surface area contributed by atoms with Crippen molar-refractivity contribution in [1.82, 2.24) is 19.9 Å². The molecule has 10 heteroatoms. The van der Waals surface area contributed by atoms with Crippen molar-refractivity contribution in [3.05, 3.63) is 47.6 Å². The van der Waals surface area contributed by atoms with Gasteiger partial charge < -0.3 is 0 Å². The van der Waals surface area contributed by atoms with Crippen LogP contribution in [-0.4, -0.2) is 19.9 Å². The molecule has 0 saturated heterocycles. The van der Waals surface area contributed by atoms with Crippen LogP contribution in [0.25, 0.3) is 32.8 Å². The van der Waals surface area contributed by atoms with Crippen molar-refractivity contribution in [2.24, 2.45) is 0 Å². The van der Waals surface area contributed by atoms with E-state index in [4.69, 9.17) is 0 Å². The normalized spacial score (nSPS) is 11.8. The number of rotatable bonds is 0. The lowest BCUT2D eigenvalue weighted by molar-refractivity contribution is 0.459. The van der Waals surface area contributed by atoms with Crippen LogP contribution in [0.5, 0.6) is 0 Å². The first-order chi connectivity index (χ1) is 11.4. The molecule has 1 aromatic carbocycles. The quantitative estimate of drug-likeness (QED) is 0.279. The van der Waals surface area contributed by atoms with Gasteiger partial charge in [-0.1, -0.05) is 0 Å². The van der Waals surface area contributed by atoms with Crippen LogP contribution < -0.4 is 0 Å². The molecule has 0 atom stereocenters. The molecular formula is C14H2F6N4. The Balaban J connectivity index is 2.40. The van der Waals surface area contributed by atoms with Crippen molar-refractivity contribution in [2.45, 2.75) is 0 Å². The molecule has 24 heavy (non-hydrogen) atoms. The van der Waals surface area contributed by atoms with Gasteiger partial charge in [0.25, 0.3) is 11.9 Å². The molecule has 0 amide bonds. The molecule has 0 radical (unpaired) electrons. The number of benzene rings is 1. The summed E-state index contributed by atoms with van der Waals surface area (Å²) in [7, 11) is 0. The molecule has 0 aliphatic rings. The van der Waals surface area contributed by atoms with Crippen LogP contribution in [0.3, 0.4) is 0 Å². The molecule has 0 bridgehead atoms. The fourth-order valence-electron chi connectivity index (χ4n) is 2.42. The highest BCUT2D eigenvalue weighted by Gasteiger charge is 2.21. The number of hydrogen-bond donors (Lipinski definition) is 0. The summed E-state index contributed by atoms with van der Waals surface area (Å²) in [4.78, 5) is 13.2. The summed E-state index contributed by atoms with van der Waals surface area (Å²) in [5, 5.41) is -0.553. The fraction of sp³-hybridized carbons (Fsp3) is 0. The maximum Gasteiger partial charge on any atom is 0.269 e. The van der Waals surface area contributed by atoms with Gasteiger partial charge in [0.05, 0.1) is 0 Å². The zero-order valence-corrected chi connectivity index (χ0v) is 11.2. The highest BCUT2D eigenvalue weighted by Crippen LogP contribution is 2.32. The third kappa shape index (κ3) is 1.88. The van der Waals surface area contributed by atoms with E-state index in [2.05, 4.69) is 19.9 Å². The van der Waals surface area contributed by atoms with E-state index in [1.165, 1.54) is 0 Å². The molecular weight excluding hydrogens is 338 g/mol. The first-order valence-corrected chi connectivity index (χ1v) is 6.33. The van der Waals surface area contributed by atoms with Gasteiger partial charge in [0.15, 0.2) is 11.6 Å². The molecule has 4 rings (SSSR count). The minimum Gasteiger partial charge on any atom is -0.215 e. The highest BCUT2D eigenvalue weighted by atomic mass is 19.2. The van der Waals surface area contributed by atoms with Gasteiger partial charge >= 0.3 is 0 Å². The van der Waals surface area contributed by atoms with Crippen molar-refractivity contribution in [3.63, 3.8) is 0 Å². The van der Waals surface area contributed by atoms with E-state index in [9.17, 15) is 26.3 Å². The minimum atomic E-state index is -1.59. The molecule has 3 heterocycles. The second kappa shape index (κ2) is 4.73. The summed E-state index contributed by atoms with van der Waals surface area (Å²) in [6.07, 6.45) is 0. The summed E-state index contributed by atoms with van der Waals surface area (Å²) >= 11 is 0. The van der Waals surface area contributed by atoms with E-state index in [1.54, 1.807) is 0 Å². The Morgan fingerprint density at radius 3 is 1.08 bits per heavy atom. The average Bonchev–Trinajstić information content (AvgIpc) is 2.53. The van der Waals surface area contributed by atoms with Crippen LogP contribution in [0.4, 0.5) is 26.3 Å². The molecule has 0 fully saturated rings. The number of fused-ring (bicyclic) bond motifs is 6. The van der Waals surface area contributed by atoms with Crippen molar-refractivity contribution >= 4 is 32.8 Å². The third-order valence-electron chi connectivity index (χ3n) is 3.42. The summed E-state index contributed by atoms with van der Waals surface area (Å²) in [5.41, 5.74) is -1.57. The molecule has 3 aromatic heterocycles. The second-order valence-corrected chi connectivity index (χ2v) is 4.82. The Kier molecular flexibility index (Phi) is 2.87. The molecule has 120 valence electrons. The number of aromatic nitrogens is 4. The third-order valence-corrected chi connectivity index (χ3v) is 3.42. The summed E-state index contributed by atoms with van der Waals surface area (Å²) < 4.78 is 80.7. The van der Waals surface area contributed by atoms with Crippen molar-refractivity contribution < 1.29 is 26.3 Å². The van der Waals surface area contributed by atoms with E-state index in [1.807, 2.05) is 0 Å². The van der Waals surface area contributed by atoms with Crippen molar-refractivity contribution in [3.8, 4) is 0 Å². The van der Waals surface area contributed by atoms with Crippen LogP contribution in [-0.2, 0) is 0 Å². The zero-order chi connectivity index (χ0) is 17.2. The largest absolute Gasteiger partial charge is 0.269 e. The van der Waals surface area contributed by atoms with Gasteiger partial charge in [0.2, 0.25) is 11.9 Å². The lowest BCUT2D eigenvalue weighted by Gasteiger charge is -2.08. The topological polar surface area (TPSA) is 51.6 Å². The molecule has 0 aliphatic carbocycles. The zero-order valence-electron chi connectivity index (χ0n) is 11.2. The Morgan fingerprint density at radius 1 is 0.458 bits per heavy atom. The summed E-state index contributed by atoms with van der Waals surface area (Å²) in [6, 6.07) is 1.24. The van der Waals surface area contributed by atoms with E-state index < -0.39 is 57.5 Å². The van der Waals surface area contributed by atoms with E-state index in [0.717, 1.165) is 0 Å². The molecule has 4 nitrogen and oxygen atoms in total.